The molecule has 1 aliphatic rings. The molecule has 0 aliphatic carbocycles. The van der Waals surface area contributed by atoms with Crippen molar-refractivity contribution < 1.29 is 9.90 Å². The maximum Gasteiger partial charge on any atom is 0.251 e. The molecule has 0 saturated carbocycles. The lowest BCUT2D eigenvalue weighted by molar-refractivity contribution is 0.0954. The molecule has 5 nitrogen and oxygen atoms in total. The van der Waals surface area contributed by atoms with Gasteiger partial charge in [0, 0.05) is 51.3 Å². The van der Waals surface area contributed by atoms with Crippen LogP contribution in [0.3, 0.4) is 0 Å². The molecule has 33 heavy (non-hydrogen) atoms. The van der Waals surface area contributed by atoms with Crippen LogP contribution in [0.25, 0.3) is 0 Å². The SMILES string of the molecule is O=C(NCCc1ccccn1)c1ccc2c(c1)N=C(c1ccccc1O)c1ccccc1S2. The van der Waals surface area contributed by atoms with E-state index in [1.165, 1.54) is 0 Å². The summed E-state index contributed by atoms with van der Waals surface area (Å²) >= 11 is 1.61. The van der Waals surface area contributed by atoms with Gasteiger partial charge < -0.3 is 10.4 Å². The quantitative estimate of drug-likeness (QED) is 0.376. The lowest BCUT2D eigenvalue weighted by Gasteiger charge is -2.10. The van der Waals surface area contributed by atoms with Gasteiger partial charge in [0.2, 0.25) is 0 Å². The third-order valence-corrected chi connectivity index (χ3v) is 6.51. The van der Waals surface area contributed by atoms with E-state index in [0.717, 1.165) is 21.0 Å². The van der Waals surface area contributed by atoms with E-state index in [0.29, 0.717) is 35.5 Å². The predicted molar refractivity (Wildman–Crippen MR) is 131 cm³/mol. The summed E-state index contributed by atoms with van der Waals surface area (Å²) in [5.74, 6) is 0.0164. The van der Waals surface area contributed by atoms with Gasteiger partial charge in [0.05, 0.1) is 11.4 Å². The van der Waals surface area contributed by atoms with Crippen molar-refractivity contribution in [2.45, 2.75) is 16.2 Å². The Morgan fingerprint density at radius 1 is 0.879 bits per heavy atom. The van der Waals surface area contributed by atoms with Crippen molar-refractivity contribution in [3.05, 3.63) is 114 Å². The molecule has 0 bridgehead atoms. The van der Waals surface area contributed by atoms with Crippen LogP contribution in [-0.4, -0.2) is 28.3 Å². The minimum absolute atomic E-state index is 0.153. The average Bonchev–Trinajstić information content (AvgIpc) is 3.01. The molecule has 0 fully saturated rings. The molecule has 6 heteroatoms. The van der Waals surface area contributed by atoms with Gasteiger partial charge in [-0.3, -0.25) is 9.78 Å². The summed E-state index contributed by atoms with van der Waals surface area (Å²) in [6.07, 6.45) is 2.41. The van der Waals surface area contributed by atoms with Gasteiger partial charge in [-0.1, -0.05) is 48.2 Å². The number of amides is 1. The zero-order valence-corrected chi connectivity index (χ0v) is 18.5. The van der Waals surface area contributed by atoms with E-state index in [9.17, 15) is 9.90 Å². The van der Waals surface area contributed by atoms with Gasteiger partial charge >= 0.3 is 0 Å². The molecule has 4 aromatic rings. The van der Waals surface area contributed by atoms with Gasteiger partial charge in [0.15, 0.2) is 0 Å². The summed E-state index contributed by atoms with van der Waals surface area (Å²) < 4.78 is 0. The topological polar surface area (TPSA) is 74.6 Å². The molecular formula is C27H21N3O2S. The van der Waals surface area contributed by atoms with Crippen LogP contribution >= 0.6 is 11.8 Å². The van der Waals surface area contributed by atoms with Crippen molar-refractivity contribution in [3.63, 3.8) is 0 Å². The number of phenols is 1. The van der Waals surface area contributed by atoms with Gasteiger partial charge in [-0.2, -0.15) is 0 Å². The van der Waals surface area contributed by atoms with E-state index < -0.39 is 0 Å². The van der Waals surface area contributed by atoms with Crippen LogP contribution in [0, 0.1) is 0 Å². The van der Waals surface area contributed by atoms with E-state index in [4.69, 9.17) is 4.99 Å². The maximum absolute atomic E-state index is 12.8. The van der Waals surface area contributed by atoms with Crippen LogP contribution in [0.5, 0.6) is 5.75 Å². The maximum atomic E-state index is 12.8. The highest BCUT2D eigenvalue weighted by atomic mass is 32.2. The van der Waals surface area contributed by atoms with Gasteiger partial charge in [0.1, 0.15) is 5.75 Å². The highest BCUT2D eigenvalue weighted by Gasteiger charge is 2.21. The van der Waals surface area contributed by atoms with Crippen molar-refractivity contribution in [3.8, 4) is 5.75 Å². The van der Waals surface area contributed by atoms with Gasteiger partial charge in [-0.25, -0.2) is 4.99 Å². The molecule has 0 atom stereocenters. The number of aromatic nitrogens is 1. The number of fused-ring (bicyclic) bond motifs is 2. The van der Waals surface area contributed by atoms with E-state index in [1.54, 1.807) is 30.1 Å². The Morgan fingerprint density at radius 3 is 2.48 bits per heavy atom. The molecule has 0 spiro atoms. The lowest BCUT2D eigenvalue weighted by atomic mass is 10.0. The monoisotopic (exact) mass is 451 g/mol. The van der Waals surface area contributed by atoms with Crippen molar-refractivity contribution in [2.24, 2.45) is 4.99 Å². The normalized spacial score (nSPS) is 12.2. The fourth-order valence-electron chi connectivity index (χ4n) is 3.71. The van der Waals surface area contributed by atoms with Gasteiger partial charge in [-0.15, -0.1) is 0 Å². The Kier molecular flexibility index (Phi) is 5.91. The fourth-order valence-corrected chi connectivity index (χ4v) is 4.72. The predicted octanol–water partition coefficient (Wildman–Crippen LogP) is 5.39. The first-order valence-electron chi connectivity index (χ1n) is 10.7. The van der Waals surface area contributed by atoms with Crippen LogP contribution in [0.4, 0.5) is 5.69 Å². The second-order valence-corrected chi connectivity index (χ2v) is 8.67. The average molecular weight is 452 g/mol. The zero-order valence-electron chi connectivity index (χ0n) is 17.7. The van der Waals surface area contributed by atoms with Crippen molar-refractivity contribution in [1.82, 2.24) is 10.3 Å². The number of rotatable bonds is 5. The number of carbonyl (C=O) groups is 1. The number of hydrogen-bond donors (Lipinski definition) is 2. The number of nitrogens with zero attached hydrogens (tertiary/aromatic N) is 2. The first-order chi connectivity index (χ1) is 16.2. The van der Waals surface area contributed by atoms with Crippen molar-refractivity contribution in [1.29, 1.82) is 0 Å². The molecule has 162 valence electrons. The largest absolute Gasteiger partial charge is 0.507 e. The van der Waals surface area contributed by atoms with Crippen LogP contribution in [0.2, 0.25) is 0 Å². The van der Waals surface area contributed by atoms with Crippen LogP contribution < -0.4 is 5.32 Å². The smallest absolute Gasteiger partial charge is 0.251 e. The summed E-state index contributed by atoms with van der Waals surface area (Å²) in [6, 6.07) is 26.5. The highest BCUT2D eigenvalue weighted by molar-refractivity contribution is 7.99. The minimum atomic E-state index is -0.153. The van der Waals surface area contributed by atoms with E-state index >= 15 is 0 Å². The Balaban J connectivity index is 1.46. The molecule has 2 heterocycles. The molecule has 1 amide bonds. The molecule has 1 aliphatic heterocycles. The number of aliphatic imine (C=N–C) groups is 1. The van der Waals surface area contributed by atoms with Gasteiger partial charge in [-0.05, 0) is 48.5 Å². The summed E-state index contributed by atoms with van der Waals surface area (Å²) in [4.78, 5) is 24.0. The molecule has 0 saturated heterocycles. The molecule has 0 radical (unpaired) electrons. The van der Waals surface area contributed by atoms with Crippen LogP contribution in [0.15, 0.2) is 106 Å². The van der Waals surface area contributed by atoms with Crippen LogP contribution in [0.1, 0.15) is 27.2 Å². The van der Waals surface area contributed by atoms with Crippen molar-refractivity contribution in [2.75, 3.05) is 6.54 Å². The Labute approximate surface area is 196 Å². The Morgan fingerprint density at radius 2 is 1.67 bits per heavy atom. The number of benzene rings is 3. The van der Waals surface area contributed by atoms with E-state index in [-0.39, 0.29) is 11.7 Å². The van der Waals surface area contributed by atoms with Gasteiger partial charge in [0.25, 0.3) is 5.91 Å². The second kappa shape index (κ2) is 9.30. The summed E-state index contributed by atoms with van der Waals surface area (Å²) in [7, 11) is 0. The number of carbonyl (C=O) groups excluding carboxylic acids is 1. The molecule has 0 unspecified atom stereocenters. The Bertz CT molecular complexity index is 1350. The minimum Gasteiger partial charge on any atom is -0.507 e. The summed E-state index contributed by atoms with van der Waals surface area (Å²) in [5, 5.41) is 13.5. The molecule has 2 N–H and O–H groups in total. The Hall–Kier alpha value is -3.90. The second-order valence-electron chi connectivity index (χ2n) is 7.59. The lowest BCUT2D eigenvalue weighted by Crippen LogP contribution is -2.25. The summed E-state index contributed by atoms with van der Waals surface area (Å²) in [5.41, 5.74) is 4.46. The van der Waals surface area contributed by atoms with Crippen LogP contribution in [-0.2, 0) is 6.42 Å². The number of aromatic hydroxyl groups is 1. The summed E-state index contributed by atoms with van der Waals surface area (Å²) in [6.45, 7) is 0.500. The third-order valence-electron chi connectivity index (χ3n) is 5.37. The first kappa shape index (κ1) is 21.0. The standard InChI is InChI=1S/C27H21N3O2S/c31-23-10-3-1-8-20(23)26-21-9-2-4-11-24(21)33-25-13-12-18(17-22(25)30-26)27(32)29-16-14-19-7-5-6-15-28-19/h1-13,15,17,31H,14,16H2,(H,29,32). The third kappa shape index (κ3) is 4.52. The zero-order chi connectivity index (χ0) is 22.6. The highest BCUT2D eigenvalue weighted by Crippen LogP contribution is 2.42. The molecule has 1 aromatic heterocycles. The van der Waals surface area contributed by atoms with E-state index in [1.807, 2.05) is 72.8 Å². The molecule has 5 rings (SSSR count). The van der Waals surface area contributed by atoms with E-state index in [2.05, 4.69) is 10.3 Å². The molecular weight excluding hydrogens is 430 g/mol. The number of hydrogen-bond acceptors (Lipinski definition) is 5. The number of para-hydroxylation sites is 1. The first-order valence-corrected chi connectivity index (χ1v) is 11.5. The van der Waals surface area contributed by atoms with Crippen molar-refractivity contribution >= 4 is 29.1 Å². The number of phenolic OH excluding ortho intramolecular Hbond substituents is 1. The number of nitrogens with one attached hydrogen (secondary N) is 1. The molecule has 3 aromatic carbocycles. The fraction of sp³-hybridized carbons (Fsp3) is 0.0741. The number of pyridine rings is 1.